The van der Waals surface area contributed by atoms with Gasteiger partial charge >= 0.3 is 0 Å². The number of hydrogen-bond donors (Lipinski definition) is 3. The highest BCUT2D eigenvalue weighted by Crippen LogP contribution is 1.90. The number of rotatable bonds is 3. The monoisotopic (exact) mass is 150 g/mol. The number of nitrogens with two attached hydrogens (primary N) is 2. The summed E-state index contributed by atoms with van der Waals surface area (Å²) in [5.74, 6) is 0.569. The van der Waals surface area contributed by atoms with E-state index in [0.717, 1.165) is 5.75 Å². The van der Waals surface area contributed by atoms with Gasteiger partial charge in [-0.2, -0.15) is 0 Å². The van der Waals surface area contributed by atoms with Crippen LogP contribution in [0.3, 0.4) is 0 Å². The molecule has 0 aliphatic carbocycles. The number of primary sulfonamides is 1. The van der Waals surface area contributed by atoms with Crippen LogP contribution in [0.25, 0.3) is 0 Å². The quantitative estimate of drug-likeness (QED) is 0.345. The van der Waals surface area contributed by atoms with Gasteiger partial charge in [-0.05, 0) is 0 Å². The van der Waals surface area contributed by atoms with Crippen LogP contribution in [0.2, 0.25) is 0 Å². The van der Waals surface area contributed by atoms with Crippen molar-refractivity contribution in [1.29, 1.82) is 5.41 Å². The smallest absolute Gasteiger partial charge is 0.213 e. The molecule has 6 heteroatoms. The highest BCUT2D eigenvalue weighted by atomic mass is 32.2. The van der Waals surface area contributed by atoms with Crippen molar-refractivity contribution in [2.75, 3.05) is 0 Å². The number of amidine groups is 1. The fraction of sp³-hybridized carbons (Fsp3) is 0.333. The molecule has 0 bridgehead atoms. The van der Waals surface area contributed by atoms with Crippen LogP contribution >= 0.6 is 0 Å². The molecule has 0 aromatic rings. The van der Waals surface area contributed by atoms with E-state index in [1.54, 1.807) is 0 Å². The second kappa shape index (κ2) is 2.79. The van der Waals surface area contributed by atoms with Crippen LogP contribution in [-0.2, 0) is 10.0 Å². The van der Waals surface area contributed by atoms with E-state index in [9.17, 15) is 8.42 Å². The van der Waals surface area contributed by atoms with Crippen LogP contribution in [0.1, 0.15) is 6.42 Å². The molecule has 0 saturated heterocycles. The van der Waals surface area contributed by atoms with Gasteiger partial charge in [-0.25, -0.2) is 13.6 Å². The maximum absolute atomic E-state index is 10.1. The van der Waals surface area contributed by atoms with Crippen molar-refractivity contribution in [3.8, 4) is 0 Å². The highest BCUT2D eigenvalue weighted by Gasteiger charge is 2.02. The summed E-state index contributed by atoms with van der Waals surface area (Å²) in [4.78, 5) is 0. The van der Waals surface area contributed by atoms with Gasteiger partial charge < -0.3 is 5.73 Å². The first kappa shape index (κ1) is 8.38. The Morgan fingerprint density at radius 1 is 1.67 bits per heavy atom. The van der Waals surface area contributed by atoms with Gasteiger partial charge in [0.15, 0.2) is 0 Å². The summed E-state index contributed by atoms with van der Waals surface area (Å²) in [6, 6.07) is 0. The Morgan fingerprint density at radius 2 is 2.11 bits per heavy atom. The number of sulfonamides is 1. The Morgan fingerprint density at radius 3 is 2.22 bits per heavy atom. The third-order valence-corrected chi connectivity index (χ3v) is 1.17. The molecule has 0 aliphatic rings. The molecule has 0 saturated carbocycles. The largest absolute Gasteiger partial charge is 0.388 e. The minimum atomic E-state index is -3.57. The normalized spacial score (nSPS) is 11.2. The molecule has 0 amide bonds. The molecule has 0 aliphatic heterocycles. The van der Waals surface area contributed by atoms with Gasteiger partial charge in [0.2, 0.25) is 10.0 Å². The predicted octanol–water partition coefficient (Wildman–Crippen LogP) is -1.24. The molecule has 0 heterocycles. The van der Waals surface area contributed by atoms with Crippen molar-refractivity contribution in [2.24, 2.45) is 10.9 Å². The topological polar surface area (TPSA) is 110 Å². The Balaban J connectivity index is 3.67. The molecule has 0 fully saturated rings. The van der Waals surface area contributed by atoms with Crippen molar-refractivity contribution >= 4 is 15.9 Å². The molecule has 5 nitrogen and oxygen atoms in total. The molecule has 0 rings (SSSR count). The summed E-state index contributed by atoms with van der Waals surface area (Å²) in [6.07, 6.45) is -0.112. The third kappa shape index (κ3) is 7.38. The Labute approximate surface area is 53.6 Å². The Hall–Kier alpha value is -0.620. The van der Waals surface area contributed by atoms with E-state index in [1.807, 2.05) is 0 Å². The summed E-state index contributed by atoms with van der Waals surface area (Å²) < 4.78 is 20.2. The van der Waals surface area contributed by atoms with Crippen LogP contribution in [-0.4, -0.2) is 14.3 Å². The molecule has 0 aromatic carbocycles. The van der Waals surface area contributed by atoms with Crippen LogP contribution in [0.5, 0.6) is 0 Å². The zero-order chi connectivity index (χ0) is 7.49. The lowest BCUT2D eigenvalue weighted by molar-refractivity contribution is 0.602. The van der Waals surface area contributed by atoms with Gasteiger partial charge in [0.1, 0.15) is 5.75 Å². The molecule has 0 aromatic heterocycles. The van der Waals surface area contributed by atoms with Crippen LogP contribution < -0.4 is 10.9 Å². The SMILES string of the molecule is N=C(N)C[CH]S(N)(=O)=O. The third-order valence-electron chi connectivity index (χ3n) is 0.536. The lowest BCUT2D eigenvalue weighted by Gasteiger charge is -1.92. The second-order valence-electron chi connectivity index (χ2n) is 1.49. The molecular weight excluding hydrogens is 142 g/mol. The van der Waals surface area contributed by atoms with Crippen molar-refractivity contribution in [2.45, 2.75) is 6.42 Å². The maximum Gasteiger partial charge on any atom is 0.213 e. The van der Waals surface area contributed by atoms with Gasteiger partial charge in [-0.3, -0.25) is 5.41 Å². The highest BCUT2D eigenvalue weighted by molar-refractivity contribution is 7.91. The minimum Gasteiger partial charge on any atom is -0.388 e. The van der Waals surface area contributed by atoms with E-state index in [-0.39, 0.29) is 12.3 Å². The summed E-state index contributed by atoms with van der Waals surface area (Å²) >= 11 is 0. The zero-order valence-electron chi connectivity index (χ0n) is 4.66. The molecule has 0 spiro atoms. The molecule has 1 radical (unpaired) electrons. The number of nitrogens with one attached hydrogen (secondary N) is 1. The van der Waals surface area contributed by atoms with E-state index in [4.69, 9.17) is 11.1 Å². The van der Waals surface area contributed by atoms with Gasteiger partial charge in [-0.15, -0.1) is 0 Å². The average Bonchev–Trinajstić information content (AvgIpc) is 1.59. The van der Waals surface area contributed by atoms with Crippen LogP contribution in [0.4, 0.5) is 0 Å². The summed E-state index contributed by atoms with van der Waals surface area (Å²) in [7, 11) is -3.57. The van der Waals surface area contributed by atoms with Crippen molar-refractivity contribution in [1.82, 2.24) is 0 Å². The average molecular weight is 150 g/mol. The Bertz CT molecular complexity index is 195. The van der Waals surface area contributed by atoms with Crippen molar-refractivity contribution in [3.05, 3.63) is 5.75 Å². The minimum absolute atomic E-state index is 0.112. The van der Waals surface area contributed by atoms with Crippen LogP contribution in [0, 0.1) is 11.2 Å². The van der Waals surface area contributed by atoms with E-state index >= 15 is 0 Å². The van der Waals surface area contributed by atoms with E-state index < -0.39 is 10.0 Å². The van der Waals surface area contributed by atoms with Crippen molar-refractivity contribution in [3.63, 3.8) is 0 Å². The lowest BCUT2D eigenvalue weighted by atomic mass is 10.5. The van der Waals surface area contributed by atoms with E-state index in [1.165, 1.54) is 0 Å². The molecule has 0 unspecified atom stereocenters. The molecule has 53 valence electrons. The summed E-state index contributed by atoms with van der Waals surface area (Å²) in [6.45, 7) is 0. The van der Waals surface area contributed by atoms with Gasteiger partial charge in [-0.1, -0.05) is 0 Å². The van der Waals surface area contributed by atoms with E-state index in [0.29, 0.717) is 0 Å². The first-order valence-corrected chi connectivity index (χ1v) is 3.71. The standard InChI is InChI=1S/C3H8N3O2S/c4-3(5)1-2-9(6,7)8/h2H,1H2,(H3,4,5)(H2,6,7,8). The molecule has 5 N–H and O–H groups in total. The lowest BCUT2D eigenvalue weighted by Crippen LogP contribution is -2.17. The molecular formula is C3H8N3O2S. The van der Waals surface area contributed by atoms with E-state index in [2.05, 4.69) is 5.14 Å². The van der Waals surface area contributed by atoms with Crippen molar-refractivity contribution < 1.29 is 8.42 Å². The maximum atomic E-state index is 10.1. The number of hydrogen-bond acceptors (Lipinski definition) is 3. The van der Waals surface area contributed by atoms with Gasteiger partial charge in [0, 0.05) is 6.42 Å². The fourth-order valence-corrected chi connectivity index (χ4v) is 0.618. The first-order valence-electron chi connectivity index (χ1n) is 2.11. The van der Waals surface area contributed by atoms with Gasteiger partial charge in [0.05, 0.1) is 5.84 Å². The summed E-state index contributed by atoms with van der Waals surface area (Å²) in [5.41, 5.74) is 4.83. The van der Waals surface area contributed by atoms with Gasteiger partial charge in [0.25, 0.3) is 0 Å². The fourth-order valence-electron chi connectivity index (χ4n) is 0.206. The predicted molar refractivity (Wildman–Crippen MR) is 33.9 cm³/mol. The Kier molecular flexibility index (Phi) is 2.60. The first-order chi connectivity index (χ1) is 3.92. The van der Waals surface area contributed by atoms with Crippen LogP contribution in [0.15, 0.2) is 0 Å². The zero-order valence-corrected chi connectivity index (χ0v) is 5.48. The molecule has 0 atom stereocenters. The molecule has 9 heavy (non-hydrogen) atoms. The second-order valence-corrected chi connectivity index (χ2v) is 3.00. The summed E-state index contributed by atoms with van der Waals surface area (Å²) in [5, 5.41) is 11.1.